The first-order valence-corrected chi connectivity index (χ1v) is 5.96. The smallest absolute Gasteiger partial charge is 0.00126 e. The van der Waals surface area contributed by atoms with Crippen LogP contribution in [-0.2, 0) is 0 Å². The van der Waals surface area contributed by atoms with Crippen LogP contribution in [0.25, 0.3) is 0 Å². The van der Waals surface area contributed by atoms with Gasteiger partial charge in [-0.25, -0.2) is 0 Å². The van der Waals surface area contributed by atoms with E-state index in [1.807, 2.05) is 0 Å². The zero-order valence-electron chi connectivity index (χ0n) is 8.65. The van der Waals surface area contributed by atoms with Crippen molar-refractivity contribution in [2.24, 2.45) is 17.8 Å². The SMILES string of the molecule is C1=CC(CC=C2CC3CCC2C3)C=C1. The lowest BCUT2D eigenvalue weighted by atomic mass is 9.92. The number of hydrogen-bond acceptors (Lipinski definition) is 0. The molecule has 14 heavy (non-hydrogen) atoms. The predicted molar refractivity (Wildman–Crippen MR) is 59.9 cm³/mol. The summed E-state index contributed by atoms with van der Waals surface area (Å²) in [6.07, 6.45) is 18.6. The van der Waals surface area contributed by atoms with E-state index in [4.69, 9.17) is 0 Å². The molecule has 0 radical (unpaired) electrons. The maximum absolute atomic E-state index is 2.54. The molecule has 3 aliphatic rings. The molecule has 2 bridgehead atoms. The summed E-state index contributed by atoms with van der Waals surface area (Å²) in [5.74, 6) is 2.73. The van der Waals surface area contributed by atoms with Crippen LogP contribution in [-0.4, -0.2) is 0 Å². The van der Waals surface area contributed by atoms with Gasteiger partial charge in [-0.2, -0.15) is 0 Å². The summed E-state index contributed by atoms with van der Waals surface area (Å²) in [5.41, 5.74) is 1.79. The van der Waals surface area contributed by atoms with Crippen molar-refractivity contribution in [1.82, 2.24) is 0 Å². The number of fused-ring (bicyclic) bond motifs is 2. The largest absolute Gasteiger partial charge is 0.0841 e. The molecule has 0 saturated heterocycles. The minimum atomic E-state index is 0.696. The van der Waals surface area contributed by atoms with Crippen molar-refractivity contribution in [3.05, 3.63) is 36.0 Å². The van der Waals surface area contributed by atoms with Gasteiger partial charge in [0, 0.05) is 0 Å². The Morgan fingerprint density at radius 2 is 2.07 bits per heavy atom. The summed E-state index contributed by atoms with van der Waals surface area (Å²) in [6, 6.07) is 0. The van der Waals surface area contributed by atoms with Crippen molar-refractivity contribution in [2.75, 3.05) is 0 Å². The Hall–Kier alpha value is -0.780. The molecule has 2 saturated carbocycles. The normalized spacial score (nSPS) is 37.9. The Morgan fingerprint density at radius 1 is 1.21 bits per heavy atom. The lowest BCUT2D eigenvalue weighted by Crippen LogP contribution is -1.98. The fourth-order valence-corrected chi connectivity index (χ4v) is 3.27. The molecule has 3 rings (SSSR count). The third-order valence-electron chi connectivity index (χ3n) is 4.07. The third kappa shape index (κ3) is 1.47. The molecular formula is C14H18. The van der Waals surface area contributed by atoms with Crippen LogP contribution in [0.2, 0.25) is 0 Å². The van der Waals surface area contributed by atoms with E-state index >= 15 is 0 Å². The Kier molecular flexibility index (Phi) is 2.08. The number of hydrogen-bond donors (Lipinski definition) is 0. The molecule has 0 heterocycles. The zero-order valence-corrected chi connectivity index (χ0v) is 8.65. The third-order valence-corrected chi connectivity index (χ3v) is 4.07. The summed E-state index contributed by atoms with van der Waals surface area (Å²) >= 11 is 0. The second-order valence-corrected chi connectivity index (χ2v) is 5.03. The molecular weight excluding hydrogens is 168 g/mol. The van der Waals surface area contributed by atoms with Crippen LogP contribution in [0.5, 0.6) is 0 Å². The van der Waals surface area contributed by atoms with Gasteiger partial charge in [0.15, 0.2) is 0 Å². The summed E-state index contributed by atoms with van der Waals surface area (Å²) < 4.78 is 0. The highest BCUT2D eigenvalue weighted by Gasteiger charge is 2.34. The maximum atomic E-state index is 2.54. The van der Waals surface area contributed by atoms with Crippen molar-refractivity contribution in [3.63, 3.8) is 0 Å². The molecule has 0 aromatic rings. The van der Waals surface area contributed by atoms with Gasteiger partial charge in [0.05, 0.1) is 0 Å². The summed E-state index contributed by atoms with van der Waals surface area (Å²) in [6.45, 7) is 0. The molecule has 2 atom stereocenters. The topological polar surface area (TPSA) is 0 Å². The predicted octanol–water partition coefficient (Wildman–Crippen LogP) is 3.87. The average molecular weight is 186 g/mol. The summed E-state index contributed by atoms with van der Waals surface area (Å²) in [5, 5.41) is 0. The molecule has 2 fully saturated rings. The van der Waals surface area contributed by atoms with Crippen LogP contribution >= 0.6 is 0 Å². The standard InChI is InChI=1S/C14H18/c1-2-4-11(3-1)5-7-13-9-12-6-8-14(13)10-12/h1-4,7,11-12,14H,5-6,8-10H2. The molecule has 0 aromatic heterocycles. The minimum absolute atomic E-state index is 0.696. The summed E-state index contributed by atoms with van der Waals surface area (Å²) in [7, 11) is 0. The van der Waals surface area contributed by atoms with Gasteiger partial charge in [0.2, 0.25) is 0 Å². The Labute approximate surface area is 86.4 Å². The van der Waals surface area contributed by atoms with Gasteiger partial charge in [0.25, 0.3) is 0 Å². The van der Waals surface area contributed by atoms with Crippen LogP contribution < -0.4 is 0 Å². The second kappa shape index (κ2) is 3.42. The van der Waals surface area contributed by atoms with Crippen molar-refractivity contribution < 1.29 is 0 Å². The van der Waals surface area contributed by atoms with Gasteiger partial charge < -0.3 is 0 Å². The molecule has 3 aliphatic carbocycles. The molecule has 0 aromatic carbocycles. The van der Waals surface area contributed by atoms with Gasteiger partial charge in [0.1, 0.15) is 0 Å². The van der Waals surface area contributed by atoms with Gasteiger partial charge in [-0.3, -0.25) is 0 Å². The van der Waals surface area contributed by atoms with Gasteiger partial charge >= 0.3 is 0 Å². The van der Waals surface area contributed by atoms with Crippen LogP contribution in [0.15, 0.2) is 36.0 Å². The molecule has 0 heteroatoms. The van der Waals surface area contributed by atoms with Gasteiger partial charge in [-0.05, 0) is 49.9 Å². The lowest BCUT2D eigenvalue weighted by molar-refractivity contribution is 0.558. The Morgan fingerprint density at radius 3 is 2.71 bits per heavy atom. The van der Waals surface area contributed by atoms with E-state index in [0.29, 0.717) is 5.92 Å². The van der Waals surface area contributed by atoms with E-state index in [1.165, 1.54) is 32.1 Å². The van der Waals surface area contributed by atoms with Crippen LogP contribution in [0.1, 0.15) is 32.1 Å². The van der Waals surface area contributed by atoms with Crippen molar-refractivity contribution in [2.45, 2.75) is 32.1 Å². The highest BCUT2D eigenvalue weighted by atomic mass is 14.4. The monoisotopic (exact) mass is 186 g/mol. The summed E-state index contributed by atoms with van der Waals surface area (Å²) in [4.78, 5) is 0. The van der Waals surface area contributed by atoms with E-state index in [2.05, 4.69) is 30.4 Å². The van der Waals surface area contributed by atoms with E-state index in [9.17, 15) is 0 Å². The van der Waals surface area contributed by atoms with Gasteiger partial charge in [-0.15, -0.1) is 0 Å². The first-order chi connectivity index (χ1) is 6.92. The number of allylic oxidation sites excluding steroid dienone is 6. The Balaban J connectivity index is 1.62. The molecule has 2 unspecified atom stereocenters. The first kappa shape index (κ1) is 8.52. The van der Waals surface area contributed by atoms with Crippen molar-refractivity contribution >= 4 is 0 Å². The quantitative estimate of drug-likeness (QED) is 0.574. The van der Waals surface area contributed by atoms with Crippen molar-refractivity contribution in [1.29, 1.82) is 0 Å². The maximum Gasteiger partial charge on any atom is -0.00126 e. The minimum Gasteiger partial charge on any atom is -0.0841 e. The second-order valence-electron chi connectivity index (χ2n) is 5.03. The Bertz CT molecular complexity index is 294. The molecule has 74 valence electrons. The van der Waals surface area contributed by atoms with E-state index in [1.54, 1.807) is 5.57 Å². The fraction of sp³-hybridized carbons (Fsp3) is 0.571. The molecule has 0 aliphatic heterocycles. The van der Waals surface area contributed by atoms with Crippen LogP contribution in [0.3, 0.4) is 0 Å². The van der Waals surface area contributed by atoms with Crippen LogP contribution in [0, 0.1) is 17.8 Å². The highest BCUT2D eigenvalue weighted by Crippen LogP contribution is 2.48. The molecule has 0 amide bonds. The highest BCUT2D eigenvalue weighted by molar-refractivity contribution is 5.22. The van der Waals surface area contributed by atoms with Gasteiger partial charge in [-0.1, -0.05) is 36.0 Å². The van der Waals surface area contributed by atoms with Crippen LogP contribution in [0.4, 0.5) is 0 Å². The zero-order chi connectivity index (χ0) is 9.38. The molecule has 0 spiro atoms. The van der Waals surface area contributed by atoms with E-state index in [0.717, 1.165) is 11.8 Å². The molecule has 0 nitrogen and oxygen atoms in total. The number of rotatable bonds is 2. The average Bonchev–Trinajstić information content (AvgIpc) is 2.91. The fourth-order valence-electron chi connectivity index (χ4n) is 3.27. The van der Waals surface area contributed by atoms with Crippen molar-refractivity contribution in [3.8, 4) is 0 Å². The van der Waals surface area contributed by atoms with E-state index < -0.39 is 0 Å². The lowest BCUT2D eigenvalue weighted by Gasteiger charge is -2.13. The first-order valence-electron chi connectivity index (χ1n) is 5.96. The van der Waals surface area contributed by atoms with E-state index in [-0.39, 0.29) is 0 Å². The molecule has 0 N–H and O–H groups in total.